The maximum absolute atomic E-state index is 14.1. The SMILES string of the molecule is Fc1cc(Br)ccc1CSc1nnc(COc2ccccc2Cl)n1C1CC1. The third-order valence-corrected chi connectivity index (χ3v) is 6.01. The Hall–Kier alpha value is -1.57. The van der Waals surface area contributed by atoms with E-state index in [0.29, 0.717) is 34.7 Å². The Morgan fingerprint density at radius 1 is 1.22 bits per heavy atom. The van der Waals surface area contributed by atoms with Gasteiger partial charge in [0.1, 0.15) is 18.2 Å². The molecular formula is C19H16BrClFN3OS. The lowest BCUT2D eigenvalue weighted by molar-refractivity contribution is 0.288. The molecule has 1 aliphatic carbocycles. The van der Waals surface area contributed by atoms with Crippen LogP contribution in [-0.4, -0.2) is 14.8 Å². The van der Waals surface area contributed by atoms with Crippen LogP contribution in [-0.2, 0) is 12.4 Å². The van der Waals surface area contributed by atoms with Crippen molar-refractivity contribution in [1.82, 2.24) is 14.8 Å². The van der Waals surface area contributed by atoms with Gasteiger partial charge in [0.15, 0.2) is 11.0 Å². The first-order valence-corrected chi connectivity index (χ1v) is 10.7. The van der Waals surface area contributed by atoms with E-state index >= 15 is 0 Å². The van der Waals surface area contributed by atoms with Gasteiger partial charge in [-0.15, -0.1) is 10.2 Å². The summed E-state index contributed by atoms with van der Waals surface area (Å²) in [5, 5.41) is 9.95. The van der Waals surface area contributed by atoms with Gasteiger partial charge in [-0.1, -0.05) is 57.5 Å². The highest BCUT2D eigenvalue weighted by Gasteiger charge is 2.30. The standard InChI is InChI=1S/C19H16BrClFN3OS/c20-13-6-5-12(16(22)9-13)11-27-19-24-23-18(25(19)14-7-8-14)10-26-17-4-2-1-3-15(17)21/h1-6,9,14H,7-8,10-11H2. The van der Waals surface area contributed by atoms with E-state index in [4.69, 9.17) is 16.3 Å². The fraction of sp³-hybridized carbons (Fsp3) is 0.263. The molecule has 8 heteroatoms. The molecule has 4 rings (SSSR count). The van der Waals surface area contributed by atoms with Crippen molar-refractivity contribution >= 4 is 39.3 Å². The molecule has 0 N–H and O–H groups in total. The number of ether oxygens (including phenoxy) is 1. The zero-order valence-electron chi connectivity index (χ0n) is 14.2. The van der Waals surface area contributed by atoms with Crippen molar-refractivity contribution in [3.8, 4) is 5.75 Å². The van der Waals surface area contributed by atoms with Crippen molar-refractivity contribution in [3.63, 3.8) is 0 Å². The van der Waals surface area contributed by atoms with Gasteiger partial charge in [-0.05, 0) is 42.7 Å². The highest BCUT2D eigenvalue weighted by molar-refractivity contribution is 9.10. The summed E-state index contributed by atoms with van der Waals surface area (Å²) in [6.07, 6.45) is 2.19. The van der Waals surface area contributed by atoms with Gasteiger partial charge < -0.3 is 4.74 Å². The summed E-state index contributed by atoms with van der Waals surface area (Å²) in [5.74, 6) is 1.65. The zero-order valence-corrected chi connectivity index (χ0v) is 17.4. The molecule has 1 heterocycles. The number of hydrogen-bond donors (Lipinski definition) is 0. The second-order valence-electron chi connectivity index (χ2n) is 6.24. The largest absolute Gasteiger partial charge is 0.484 e. The number of benzene rings is 2. The second-order valence-corrected chi connectivity index (χ2v) is 8.51. The Morgan fingerprint density at radius 2 is 2.04 bits per heavy atom. The average Bonchev–Trinajstić information content (AvgIpc) is 3.41. The smallest absolute Gasteiger partial charge is 0.191 e. The molecule has 0 unspecified atom stereocenters. The Kier molecular flexibility index (Phi) is 5.71. The molecule has 0 bridgehead atoms. The first kappa shape index (κ1) is 18.8. The highest BCUT2D eigenvalue weighted by Crippen LogP contribution is 2.39. The minimum Gasteiger partial charge on any atom is -0.484 e. The van der Waals surface area contributed by atoms with Crippen LogP contribution in [0.1, 0.15) is 30.3 Å². The van der Waals surface area contributed by atoms with Crippen LogP contribution in [0.15, 0.2) is 52.1 Å². The summed E-state index contributed by atoms with van der Waals surface area (Å²) in [7, 11) is 0. The van der Waals surface area contributed by atoms with Crippen molar-refractivity contribution in [2.24, 2.45) is 0 Å². The molecule has 0 aliphatic heterocycles. The van der Waals surface area contributed by atoms with Crippen LogP contribution in [0.3, 0.4) is 0 Å². The predicted molar refractivity (Wildman–Crippen MR) is 108 cm³/mol. The number of hydrogen-bond acceptors (Lipinski definition) is 4. The van der Waals surface area contributed by atoms with Crippen LogP contribution in [0, 0.1) is 5.82 Å². The van der Waals surface area contributed by atoms with Crippen LogP contribution in [0.25, 0.3) is 0 Å². The van der Waals surface area contributed by atoms with Gasteiger partial charge in [-0.25, -0.2) is 4.39 Å². The van der Waals surface area contributed by atoms with E-state index in [1.807, 2.05) is 24.3 Å². The van der Waals surface area contributed by atoms with Crippen LogP contribution < -0.4 is 4.74 Å². The van der Waals surface area contributed by atoms with Gasteiger partial charge in [0.2, 0.25) is 0 Å². The van der Waals surface area contributed by atoms with Crippen LogP contribution >= 0.6 is 39.3 Å². The summed E-state index contributed by atoms with van der Waals surface area (Å²) in [6, 6.07) is 12.8. The molecule has 0 saturated heterocycles. The summed E-state index contributed by atoms with van der Waals surface area (Å²) in [6.45, 7) is 0.292. The number of halogens is 3. The van der Waals surface area contributed by atoms with Crippen LogP contribution in [0.2, 0.25) is 5.02 Å². The molecule has 0 radical (unpaired) electrons. The van der Waals surface area contributed by atoms with Crippen LogP contribution in [0.4, 0.5) is 4.39 Å². The number of aromatic nitrogens is 3. The van der Waals surface area contributed by atoms with E-state index in [1.54, 1.807) is 12.1 Å². The lowest BCUT2D eigenvalue weighted by Crippen LogP contribution is -2.07. The van der Waals surface area contributed by atoms with Crippen molar-refractivity contribution in [1.29, 1.82) is 0 Å². The van der Waals surface area contributed by atoms with E-state index in [0.717, 1.165) is 28.3 Å². The van der Waals surface area contributed by atoms with E-state index in [2.05, 4.69) is 30.7 Å². The Morgan fingerprint density at radius 3 is 2.78 bits per heavy atom. The third kappa shape index (κ3) is 4.47. The molecule has 2 aromatic carbocycles. The van der Waals surface area contributed by atoms with Crippen molar-refractivity contribution < 1.29 is 9.13 Å². The van der Waals surface area contributed by atoms with Gasteiger partial charge in [-0.3, -0.25) is 4.57 Å². The molecule has 4 nitrogen and oxygen atoms in total. The summed E-state index contributed by atoms with van der Waals surface area (Å²) >= 11 is 10.9. The third-order valence-electron chi connectivity index (χ3n) is 4.21. The molecule has 1 fully saturated rings. The maximum atomic E-state index is 14.1. The van der Waals surface area contributed by atoms with Crippen molar-refractivity contribution in [3.05, 3.63) is 69.2 Å². The van der Waals surface area contributed by atoms with Gasteiger partial charge in [0.05, 0.1) is 5.02 Å². The molecule has 1 aliphatic rings. The van der Waals surface area contributed by atoms with Crippen LogP contribution in [0.5, 0.6) is 5.75 Å². The van der Waals surface area contributed by atoms with E-state index in [9.17, 15) is 4.39 Å². The molecule has 27 heavy (non-hydrogen) atoms. The molecule has 0 atom stereocenters. The fourth-order valence-electron chi connectivity index (χ4n) is 2.69. The zero-order chi connectivity index (χ0) is 18.8. The van der Waals surface area contributed by atoms with E-state index < -0.39 is 0 Å². The number of thioether (sulfide) groups is 1. The molecule has 0 spiro atoms. The Bertz CT molecular complexity index is 964. The first-order chi connectivity index (χ1) is 13.1. The lowest BCUT2D eigenvalue weighted by atomic mass is 10.2. The summed E-state index contributed by atoms with van der Waals surface area (Å²) < 4.78 is 22.7. The highest BCUT2D eigenvalue weighted by atomic mass is 79.9. The minimum absolute atomic E-state index is 0.225. The molecule has 140 valence electrons. The topological polar surface area (TPSA) is 39.9 Å². The number of para-hydroxylation sites is 1. The van der Waals surface area contributed by atoms with Crippen molar-refractivity contribution in [2.45, 2.75) is 36.4 Å². The Labute approximate surface area is 174 Å². The summed E-state index contributed by atoms with van der Waals surface area (Å²) in [4.78, 5) is 0. The molecular weight excluding hydrogens is 453 g/mol. The first-order valence-electron chi connectivity index (χ1n) is 8.49. The average molecular weight is 469 g/mol. The van der Waals surface area contributed by atoms with Gasteiger partial charge in [0.25, 0.3) is 0 Å². The minimum atomic E-state index is -0.225. The predicted octanol–water partition coefficient (Wildman–Crippen LogP) is 6.04. The fourth-order valence-corrected chi connectivity index (χ4v) is 4.22. The molecule has 0 amide bonds. The monoisotopic (exact) mass is 467 g/mol. The number of rotatable bonds is 7. The molecule has 1 saturated carbocycles. The van der Waals surface area contributed by atoms with Gasteiger partial charge in [0, 0.05) is 16.3 Å². The summed E-state index contributed by atoms with van der Waals surface area (Å²) in [5.41, 5.74) is 0.641. The number of nitrogens with zero attached hydrogens (tertiary/aromatic N) is 3. The molecule has 1 aromatic heterocycles. The van der Waals surface area contributed by atoms with Gasteiger partial charge >= 0.3 is 0 Å². The Balaban J connectivity index is 1.48. The van der Waals surface area contributed by atoms with Gasteiger partial charge in [-0.2, -0.15) is 0 Å². The van der Waals surface area contributed by atoms with E-state index in [1.165, 1.54) is 17.8 Å². The normalized spacial score (nSPS) is 13.7. The quantitative estimate of drug-likeness (QED) is 0.396. The maximum Gasteiger partial charge on any atom is 0.191 e. The second kappa shape index (κ2) is 8.20. The van der Waals surface area contributed by atoms with E-state index in [-0.39, 0.29) is 5.82 Å². The van der Waals surface area contributed by atoms with Crippen molar-refractivity contribution in [2.75, 3.05) is 0 Å². The molecule has 3 aromatic rings. The lowest BCUT2D eigenvalue weighted by Gasteiger charge is -2.11.